The minimum atomic E-state index is -4.53. The van der Waals surface area contributed by atoms with Crippen LogP contribution in [-0.2, 0) is 24.2 Å². The monoisotopic (exact) mass is 492 g/mol. The summed E-state index contributed by atoms with van der Waals surface area (Å²) < 4.78 is 79.0. The molecule has 2 N–H and O–H groups in total. The van der Waals surface area contributed by atoms with Gasteiger partial charge in [0.15, 0.2) is 0 Å². The molecule has 0 radical (unpaired) electrons. The lowest BCUT2D eigenvalue weighted by atomic mass is 10.1. The Morgan fingerprint density at radius 3 is 2.42 bits per heavy atom. The predicted octanol–water partition coefficient (Wildman–Crippen LogP) is 2.37. The van der Waals surface area contributed by atoms with Crippen LogP contribution in [0.4, 0.5) is 18.9 Å². The van der Waals surface area contributed by atoms with E-state index in [9.17, 15) is 26.7 Å². The van der Waals surface area contributed by atoms with Crippen molar-refractivity contribution in [2.45, 2.75) is 23.6 Å². The van der Waals surface area contributed by atoms with E-state index in [1.54, 1.807) is 6.92 Å². The number of rotatable bonds is 14. The first-order valence-electron chi connectivity index (χ1n) is 9.22. The smallest absolute Gasteiger partial charge is 0.395 e. The lowest BCUT2D eigenvalue weighted by Gasteiger charge is -2.29. The third kappa shape index (κ3) is 8.72. The molecule has 0 aromatic heterocycles. The number of halogens is 4. The molecule has 1 aromatic rings. The van der Waals surface area contributed by atoms with Crippen molar-refractivity contribution >= 4 is 27.3 Å². The second kappa shape index (κ2) is 12.2. The largest absolute Gasteiger partial charge is 0.411 e. The van der Waals surface area contributed by atoms with Crippen LogP contribution in [0.5, 0.6) is 0 Å². The zero-order valence-electron chi connectivity index (χ0n) is 17.5. The maximum absolute atomic E-state index is 13.2. The number of nitrogens with one attached hydrogen (secondary N) is 1. The van der Waals surface area contributed by atoms with Crippen molar-refractivity contribution in [2.75, 3.05) is 65.6 Å². The second-order valence-corrected chi connectivity index (χ2v) is 9.16. The number of hydrogen-bond acceptors (Lipinski definition) is 7. The van der Waals surface area contributed by atoms with Gasteiger partial charge in [0, 0.05) is 33.9 Å². The van der Waals surface area contributed by atoms with Crippen LogP contribution >= 0.6 is 11.6 Å². The van der Waals surface area contributed by atoms with Crippen molar-refractivity contribution in [3.63, 3.8) is 0 Å². The number of aliphatic hydroxyl groups is 1. The SMILES string of the molecule is COCC(C)(CNc1c(Cl)cccc1S(=O)(=O)N(CCO)CCOCC(F)(F)F)OC. The second-order valence-electron chi connectivity index (χ2n) is 6.85. The summed E-state index contributed by atoms with van der Waals surface area (Å²) in [5, 5.41) is 12.3. The average Bonchev–Trinajstić information content (AvgIpc) is 2.68. The van der Waals surface area contributed by atoms with Gasteiger partial charge in [-0.15, -0.1) is 0 Å². The molecule has 0 heterocycles. The highest BCUT2D eigenvalue weighted by Crippen LogP contribution is 2.32. The van der Waals surface area contributed by atoms with Crippen LogP contribution in [0.3, 0.4) is 0 Å². The van der Waals surface area contributed by atoms with E-state index in [0.717, 1.165) is 4.31 Å². The van der Waals surface area contributed by atoms with Crippen molar-refractivity contribution in [1.29, 1.82) is 0 Å². The maximum atomic E-state index is 13.2. The van der Waals surface area contributed by atoms with E-state index in [4.69, 9.17) is 21.1 Å². The number of benzene rings is 1. The molecule has 0 aliphatic rings. The molecule has 1 atom stereocenters. The predicted molar refractivity (Wildman–Crippen MR) is 110 cm³/mol. The fraction of sp³-hybridized carbons (Fsp3) is 0.667. The number of para-hydroxylation sites is 1. The molecule has 0 saturated carbocycles. The van der Waals surface area contributed by atoms with Gasteiger partial charge in [-0.2, -0.15) is 17.5 Å². The van der Waals surface area contributed by atoms with Crippen molar-refractivity contribution in [2.24, 2.45) is 0 Å². The third-order valence-electron chi connectivity index (χ3n) is 4.27. The number of methoxy groups -OCH3 is 2. The first-order valence-corrected chi connectivity index (χ1v) is 11.0. The maximum Gasteiger partial charge on any atom is 0.411 e. The Hall–Kier alpha value is -1.15. The van der Waals surface area contributed by atoms with Crippen LogP contribution in [-0.4, -0.2) is 89.9 Å². The number of nitrogens with zero attached hydrogens (tertiary/aromatic N) is 1. The first-order chi connectivity index (χ1) is 14.4. The molecule has 8 nitrogen and oxygen atoms in total. The van der Waals surface area contributed by atoms with Crippen LogP contribution < -0.4 is 5.32 Å². The Bertz CT molecular complexity index is 797. The molecule has 1 rings (SSSR count). The van der Waals surface area contributed by atoms with Gasteiger partial charge in [0.2, 0.25) is 10.0 Å². The molecule has 0 fully saturated rings. The van der Waals surface area contributed by atoms with Gasteiger partial charge in [0.05, 0.1) is 30.5 Å². The zero-order valence-corrected chi connectivity index (χ0v) is 19.1. The van der Waals surface area contributed by atoms with Gasteiger partial charge in [-0.3, -0.25) is 0 Å². The number of aliphatic hydroxyl groups excluding tert-OH is 1. The van der Waals surface area contributed by atoms with Crippen molar-refractivity contribution in [3.8, 4) is 0 Å². The molecular weight excluding hydrogens is 465 g/mol. The molecule has 0 saturated heterocycles. The van der Waals surface area contributed by atoms with Gasteiger partial charge in [-0.1, -0.05) is 17.7 Å². The minimum Gasteiger partial charge on any atom is -0.395 e. The quantitative estimate of drug-likeness (QED) is 0.385. The van der Waals surface area contributed by atoms with Crippen LogP contribution in [0.1, 0.15) is 6.92 Å². The summed E-state index contributed by atoms with van der Waals surface area (Å²) in [5.41, 5.74) is -0.687. The molecule has 0 bridgehead atoms. The lowest BCUT2D eigenvalue weighted by molar-refractivity contribution is -0.174. The normalized spacial score (nSPS) is 14.6. The molecule has 0 aliphatic carbocycles. The lowest BCUT2D eigenvalue weighted by Crippen LogP contribution is -2.41. The summed E-state index contributed by atoms with van der Waals surface area (Å²) in [6, 6.07) is 4.24. The summed E-state index contributed by atoms with van der Waals surface area (Å²) in [4.78, 5) is -0.194. The summed E-state index contributed by atoms with van der Waals surface area (Å²) in [5.74, 6) is 0. The Morgan fingerprint density at radius 2 is 1.87 bits per heavy atom. The fourth-order valence-electron chi connectivity index (χ4n) is 2.61. The fourth-order valence-corrected chi connectivity index (χ4v) is 4.51. The third-order valence-corrected chi connectivity index (χ3v) is 6.53. The van der Waals surface area contributed by atoms with E-state index < -0.39 is 41.6 Å². The van der Waals surface area contributed by atoms with E-state index in [-0.39, 0.29) is 41.8 Å². The molecule has 31 heavy (non-hydrogen) atoms. The highest BCUT2D eigenvalue weighted by molar-refractivity contribution is 7.89. The number of hydrogen-bond donors (Lipinski definition) is 2. The molecule has 1 aromatic carbocycles. The van der Waals surface area contributed by atoms with Gasteiger partial charge < -0.3 is 24.6 Å². The molecule has 13 heteroatoms. The molecule has 0 spiro atoms. The van der Waals surface area contributed by atoms with Gasteiger partial charge >= 0.3 is 6.18 Å². The Balaban J connectivity index is 3.11. The topological polar surface area (TPSA) is 97.3 Å². The van der Waals surface area contributed by atoms with Crippen molar-refractivity contribution < 1.29 is 40.9 Å². The highest BCUT2D eigenvalue weighted by Gasteiger charge is 2.31. The zero-order chi connectivity index (χ0) is 23.7. The van der Waals surface area contributed by atoms with Crippen molar-refractivity contribution in [3.05, 3.63) is 23.2 Å². The Morgan fingerprint density at radius 1 is 1.19 bits per heavy atom. The summed E-state index contributed by atoms with van der Waals surface area (Å²) in [6.07, 6.45) is -4.53. The van der Waals surface area contributed by atoms with E-state index in [2.05, 4.69) is 10.1 Å². The first kappa shape index (κ1) is 27.9. The molecule has 0 aliphatic heterocycles. The van der Waals surface area contributed by atoms with Gasteiger partial charge in [0.25, 0.3) is 0 Å². The van der Waals surface area contributed by atoms with Crippen LogP contribution in [0.2, 0.25) is 5.02 Å². The van der Waals surface area contributed by atoms with E-state index in [0.29, 0.717) is 0 Å². The van der Waals surface area contributed by atoms with Crippen LogP contribution in [0, 0.1) is 0 Å². The standard InChI is InChI=1S/C18H28ClF3N2O6S/c1-17(29-3,12-28-2)11-23-16-14(19)5-4-6-15(16)31(26,27)24(7-9-25)8-10-30-13-18(20,21)22/h4-6,23,25H,7-13H2,1-3H3. The average molecular weight is 493 g/mol. The van der Waals surface area contributed by atoms with Gasteiger partial charge in [-0.05, 0) is 19.1 Å². The molecule has 0 amide bonds. The summed E-state index contributed by atoms with van der Waals surface area (Å²) >= 11 is 6.23. The van der Waals surface area contributed by atoms with Crippen LogP contribution in [0.15, 0.2) is 23.1 Å². The number of alkyl halides is 3. The minimum absolute atomic E-state index is 0.0997. The Kier molecular flexibility index (Phi) is 11.0. The van der Waals surface area contributed by atoms with Crippen LogP contribution in [0.25, 0.3) is 0 Å². The number of ether oxygens (including phenoxy) is 3. The summed E-state index contributed by atoms with van der Waals surface area (Å²) in [6.45, 7) is -1.12. The van der Waals surface area contributed by atoms with E-state index in [1.807, 2.05) is 0 Å². The Labute approximate surface area is 185 Å². The number of anilines is 1. The summed E-state index contributed by atoms with van der Waals surface area (Å²) in [7, 11) is -1.25. The van der Waals surface area contributed by atoms with Gasteiger partial charge in [0.1, 0.15) is 17.1 Å². The van der Waals surface area contributed by atoms with Gasteiger partial charge in [-0.25, -0.2) is 8.42 Å². The molecule has 180 valence electrons. The van der Waals surface area contributed by atoms with E-state index in [1.165, 1.54) is 32.4 Å². The number of sulfonamides is 1. The van der Waals surface area contributed by atoms with E-state index >= 15 is 0 Å². The highest BCUT2D eigenvalue weighted by atomic mass is 35.5. The molecule has 1 unspecified atom stereocenters. The van der Waals surface area contributed by atoms with Crippen molar-refractivity contribution in [1.82, 2.24) is 4.31 Å². The molecular formula is C18H28ClF3N2O6S.